The van der Waals surface area contributed by atoms with Gasteiger partial charge in [-0.2, -0.15) is 18.4 Å². The van der Waals surface area contributed by atoms with Crippen molar-refractivity contribution in [3.05, 3.63) is 34.9 Å². The molecular weight excluding hydrogens is 301 g/mol. The maximum absolute atomic E-state index is 13.2. The number of alkyl halides is 3. The Labute approximate surface area is 124 Å². The summed E-state index contributed by atoms with van der Waals surface area (Å²) >= 11 is 0. The first kappa shape index (κ1) is 17.7. The Morgan fingerprint density at radius 1 is 1.29 bits per heavy atom. The SMILES string of the molecule is CC(N[S@](=O)C(C)(C)C)c1cccc(C#N)c1C(F)(F)F. The second-order valence-electron chi connectivity index (χ2n) is 5.60. The topological polar surface area (TPSA) is 52.9 Å². The fourth-order valence-electron chi connectivity index (χ4n) is 1.74. The van der Waals surface area contributed by atoms with Crippen molar-refractivity contribution in [2.45, 2.75) is 44.7 Å². The molecule has 21 heavy (non-hydrogen) atoms. The predicted molar refractivity (Wildman–Crippen MR) is 75.6 cm³/mol. The van der Waals surface area contributed by atoms with Crippen molar-refractivity contribution in [2.24, 2.45) is 0 Å². The smallest absolute Gasteiger partial charge is 0.242 e. The average Bonchev–Trinajstić information content (AvgIpc) is 2.35. The van der Waals surface area contributed by atoms with Crippen LogP contribution < -0.4 is 4.72 Å². The van der Waals surface area contributed by atoms with Gasteiger partial charge in [0.2, 0.25) is 0 Å². The summed E-state index contributed by atoms with van der Waals surface area (Å²) in [5.74, 6) is 0. The number of halogens is 3. The lowest BCUT2D eigenvalue weighted by molar-refractivity contribution is -0.138. The van der Waals surface area contributed by atoms with Crippen LogP contribution in [0.25, 0.3) is 0 Å². The van der Waals surface area contributed by atoms with E-state index in [0.29, 0.717) is 0 Å². The molecule has 0 saturated carbocycles. The zero-order valence-corrected chi connectivity index (χ0v) is 13.0. The fourth-order valence-corrected chi connectivity index (χ4v) is 2.54. The lowest BCUT2D eigenvalue weighted by Crippen LogP contribution is -2.35. The van der Waals surface area contributed by atoms with Gasteiger partial charge in [-0.15, -0.1) is 0 Å². The van der Waals surface area contributed by atoms with Crippen LogP contribution in [0.5, 0.6) is 0 Å². The summed E-state index contributed by atoms with van der Waals surface area (Å²) in [7, 11) is -1.51. The molecule has 1 rings (SSSR count). The summed E-state index contributed by atoms with van der Waals surface area (Å²) in [4.78, 5) is 0. The third-order valence-electron chi connectivity index (χ3n) is 2.81. The second kappa shape index (κ2) is 6.16. The molecular formula is C14H17F3N2OS. The van der Waals surface area contributed by atoms with Crippen LogP contribution in [0.3, 0.4) is 0 Å². The van der Waals surface area contributed by atoms with Gasteiger partial charge in [0.15, 0.2) is 0 Å². The van der Waals surface area contributed by atoms with Crippen molar-refractivity contribution >= 4 is 11.0 Å². The van der Waals surface area contributed by atoms with Crippen LogP contribution in [-0.4, -0.2) is 8.96 Å². The Balaban J connectivity index is 3.26. The predicted octanol–water partition coefficient (Wildman–Crippen LogP) is 3.69. The van der Waals surface area contributed by atoms with Crippen LogP contribution in [0.4, 0.5) is 13.2 Å². The van der Waals surface area contributed by atoms with Crippen LogP contribution in [0.15, 0.2) is 18.2 Å². The summed E-state index contributed by atoms with van der Waals surface area (Å²) < 4.78 is 53.6. The van der Waals surface area contributed by atoms with Gasteiger partial charge in [0.25, 0.3) is 0 Å². The summed E-state index contributed by atoms with van der Waals surface area (Å²) in [6.45, 7) is 6.66. The second-order valence-corrected chi connectivity index (χ2v) is 7.60. The average molecular weight is 318 g/mol. The molecule has 1 aromatic carbocycles. The molecule has 0 aliphatic carbocycles. The first-order valence-corrected chi connectivity index (χ1v) is 7.41. The van der Waals surface area contributed by atoms with E-state index in [1.165, 1.54) is 19.1 Å². The van der Waals surface area contributed by atoms with Gasteiger partial charge in [-0.3, -0.25) is 0 Å². The van der Waals surface area contributed by atoms with Gasteiger partial charge in [-0.05, 0) is 39.3 Å². The third kappa shape index (κ3) is 4.29. The minimum Gasteiger partial charge on any atom is -0.242 e. The number of nitriles is 1. The molecule has 3 nitrogen and oxygen atoms in total. The van der Waals surface area contributed by atoms with E-state index in [1.807, 2.05) is 0 Å². The Morgan fingerprint density at radius 2 is 1.86 bits per heavy atom. The highest BCUT2D eigenvalue weighted by Gasteiger charge is 2.37. The van der Waals surface area contributed by atoms with Crippen LogP contribution in [0.1, 0.15) is 50.4 Å². The first-order chi connectivity index (χ1) is 9.48. The molecule has 0 aliphatic heterocycles. The van der Waals surface area contributed by atoms with Crippen LogP contribution >= 0.6 is 0 Å². The third-order valence-corrected chi connectivity index (χ3v) is 4.49. The van der Waals surface area contributed by atoms with E-state index >= 15 is 0 Å². The van der Waals surface area contributed by atoms with Crippen molar-refractivity contribution in [1.82, 2.24) is 4.72 Å². The van der Waals surface area contributed by atoms with E-state index < -0.39 is 39.1 Å². The lowest BCUT2D eigenvalue weighted by Gasteiger charge is -2.24. The standard InChI is InChI=1S/C14H17F3N2OS/c1-9(19-21(20)13(2,3)4)11-7-5-6-10(8-18)12(11)14(15,16)17/h5-7,9,19H,1-4H3/t9?,21-/m1/s1. The van der Waals surface area contributed by atoms with Gasteiger partial charge in [0.1, 0.15) is 0 Å². The minimum absolute atomic E-state index is 0.0841. The maximum atomic E-state index is 13.2. The molecule has 0 spiro atoms. The normalized spacial score (nSPS) is 15.3. The molecule has 1 N–H and O–H groups in total. The van der Waals surface area contributed by atoms with Crippen molar-refractivity contribution in [3.63, 3.8) is 0 Å². The van der Waals surface area contributed by atoms with Crippen LogP contribution in [-0.2, 0) is 17.2 Å². The molecule has 0 aliphatic rings. The van der Waals surface area contributed by atoms with E-state index in [0.717, 1.165) is 6.07 Å². The number of benzene rings is 1. The van der Waals surface area contributed by atoms with E-state index in [9.17, 15) is 17.4 Å². The quantitative estimate of drug-likeness (QED) is 0.924. The summed E-state index contributed by atoms with van der Waals surface area (Å²) in [6, 6.07) is 4.57. The largest absolute Gasteiger partial charge is 0.418 e. The fraction of sp³-hybridized carbons (Fsp3) is 0.500. The van der Waals surface area contributed by atoms with Crippen molar-refractivity contribution in [2.75, 3.05) is 0 Å². The van der Waals surface area contributed by atoms with Crippen LogP contribution in [0, 0.1) is 11.3 Å². The summed E-state index contributed by atoms with van der Waals surface area (Å²) in [5.41, 5.74) is -1.49. The van der Waals surface area contributed by atoms with Crippen molar-refractivity contribution in [1.29, 1.82) is 5.26 Å². The van der Waals surface area contributed by atoms with Gasteiger partial charge >= 0.3 is 6.18 Å². The van der Waals surface area contributed by atoms with Crippen molar-refractivity contribution < 1.29 is 17.4 Å². The Kier molecular flexibility index (Phi) is 5.18. The van der Waals surface area contributed by atoms with Gasteiger partial charge in [-0.1, -0.05) is 12.1 Å². The van der Waals surface area contributed by atoms with E-state index in [2.05, 4.69) is 4.72 Å². The molecule has 0 radical (unpaired) electrons. The Bertz CT molecular complexity index is 585. The monoisotopic (exact) mass is 318 g/mol. The highest BCUT2D eigenvalue weighted by atomic mass is 32.2. The summed E-state index contributed by atoms with van der Waals surface area (Å²) in [6.07, 6.45) is -4.64. The number of hydrogen-bond donors (Lipinski definition) is 1. The molecule has 0 fully saturated rings. The Morgan fingerprint density at radius 3 is 2.29 bits per heavy atom. The lowest BCUT2D eigenvalue weighted by atomic mass is 9.97. The van der Waals surface area contributed by atoms with Gasteiger partial charge in [0.05, 0.1) is 32.9 Å². The molecule has 0 amide bonds. The van der Waals surface area contributed by atoms with Gasteiger partial charge < -0.3 is 0 Å². The number of hydrogen-bond acceptors (Lipinski definition) is 2. The number of nitrogens with one attached hydrogen (secondary N) is 1. The molecule has 1 unspecified atom stereocenters. The molecule has 2 atom stereocenters. The highest BCUT2D eigenvalue weighted by molar-refractivity contribution is 7.84. The molecule has 0 heterocycles. The molecule has 0 bridgehead atoms. The van der Waals surface area contributed by atoms with Crippen LogP contribution in [0.2, 0.25) is 0 Å². The zero-order chi connectivity index (χ0) is 16.4. The molecule has 0 aromatic heterocycles. The number of rotatable bonds is 3. The first-order valence-electron chi connectivity index (χ1n) is 6.26. The minimum atomic E-state index is -4.64. The molecule has 0 saturated heterocycles. The van der Waals surface area contributed by atoms with Gasteiger partial charge in [0, 0.05) is 6.04 Å². The Hall–Kier alpha value is -1.39. The van der Waals surface area contributed by atoms with E-state index in [4.69, 9.17) is 5.26 Å². The zero-order valence-electron chi connectivity index (χ0n) is 12.2. The highest BCUT2D eigenvalue weighted by Crippen LogP contribution is 2.37. The molecule has 7 heteroatoms. The van der Waals surface area contributed by atoms with Crippen molar-refractivity contribution in [3.8, 4) is 6.07 Å². The van der Waals surface area contributed by atoms with E-state index in [-0.39, 0.29) is 5.56 Å². The molecule has 1 aromatic rings. The van der Waals surface area contributed by atoms with Gasteiger partial charge in [-0.25, -0.2) is 8.93 Å². The number of nitrogens with zero attached hydrogens (tertiary/aromatic N) is 1. The maximum Gasteiger partial charge on any atom is 0.418 e. The molecule has 116 valence electrons. The summed E-state index contributed by atoms with van der Waals surface area (Å²) in [5, 5.41) is 8.87. The van der Waals surface area contributed by atoms with E-state index in [1.54, 1.807) is 26.8 Å².